The van der Waals surface area contributed by atoms with Gasteiger partial charge in [-0.05, 0) is 44.9 Å². The van der Waals surface area contributed by atoms with Gasteiger partial charge in [0, 0.05) is 30.2 Å². The molecule has 0 saturated heterocycles. The van der Waals surface area contributed by atoms with Crippen LogP contribution in [0.25, 0.3) is 0 Å². The van der Waals surface area contributed by atoms with Gasteiger partial charge in [0.15, 0.2) is 0 Å². The molecule has 5 atom stereocenters. The van der Waals surface area contributed by atoms with Crippen LogP contribution in [0, 0.1) is 5.92 Å². The number of hydrogen-bond donors (Lipinski definition) is 2. The molecule has 5 heteroatoms. The molecule has 5 nitrogen and oxygen atoms in total. The molecule has 1 aliphatic heterocycles. The topological polar surface area (TPSA) is 76.0 Å². The van der Waals surface area contributed by atoms with Crippen LogP contribution < -0.4 is 9.47 Å². The van der Waals surface area contributed by atoms with Crippen molar-refractivity contribution in [2.24, 2.45) is 5.92 Å². The summed E-state index contributed by atoms with van der Waals surface area (Å²) in [5.74, 6) is 1.58. The van der Waals surface area contributed by atoms with Crippen molar-refractivity contribution in [3.05, 3.63) is 71.8 Å². The summed E-state index contributed by atoms with van der Waals surface area (Å²) in [6, 6.07) is 15.5. The van der Waals surface area contributed by atoms with Crippen molar-refractivity contribution >= 4 is 5.78 Å². The van der Waals surface area contributed by atoms with E-state index in [2.05, 4.69) is 6.07 Å². The van der Waals surface area contributed by atoms with Gasteiger partial charge in [0.1, 0.15) is 35.1 Å². The Hall–Kier alpha value is -2.63. The molecule has 170 valence electrons. The number of para-hydroxylation sites is 2. The van der Waals surface area contributed by atoms with Gasteiger partial charge in [0.05, 0.1) is 6.10 Å². The molecular formula is C27H32O5. The van der Waals surface area contributed by atoms with Gasteiger partial charge in [-0.3, -0.25) is 0 Å². The smallest absolute Gasteiger partial charge is 0.133 e. The summed E-state index contributed by atoms with van der Waals surface area (Å²) in [5, 5.41) is 21.6. The minimum absolute atomic E-state index is 0.0267. The molecule has 1 fully saturated rings. The Morgan fingerprint density at radius 3 is 2.69 bits per heavy atom. The highest BCUT2D eigenvalue weighted by Crippen LogP contribution is 2.52. The Bertz CT molecular complexity index is 981. The van der Waals surface area contributed by atoms with E-state index in [1.54, 1.807) is 13.0 Å². The van der Waals surface area contributed by atoms with E-state index in [0.717, 1.165) is 16.9 Å². The van der Waals surface area contributed by atoms with Crippen LogP contribution in [0.1, 0.15) is 50.7 Å². The lowest BCUT2D eigenvalue weighted by atomic mass is 9.86. The van der Waals surface area contributed by atoms with Gasteiger partial charge < -0.3 is 24.5 Å². The maximum absolute atomic E-state index is 11.4. The summed E-state index contributed by atoms with van der Waals surface area (Å²) < 4.78 is 12.3. The first-order valence-corrected chi connectivity index (χ1v) is 11.3. The number of benzene rings is 2. The van der Waals surface area contributed by atoms with E-state index in [9.17, 15) is 15.0 Å². The Balaban J connectivity index is 1.51. The van der Waals surface area contributed by atoms with Crippen LogP contribution in [0.3, 0.4) is 0 Å². The molecule has 1 saturated carbocycles. The molecule has 2 aliphatic rings. The SMILES string of the molecule is CC(=O)CCc1cccc2c1O[C@H]1C[C@@H](O)[C@H](C=C[C@@H](O)C(C)(C)Oc3ccccc3)[C@@H]21. The summed E-state index contributed by atoms with van der Waals surface area (Å²) >= 11 is 0. The van der Waals surface area contributed by atoms with Gasteiger partial charge in [0.2, 0.25) is 0 Å². The predicted octanol–water partition coefficient (Wildman–Crippen LogP) is 4.21. The number of ether oxygens (including phenoxy) is 2. The van der Waals surface area contributed by atoms with Crippen LogP contribution in [0.5, 0.6) is 11.5 Å². The Labute approximate surface area is 189 Å². The molecule has 1 heterocycles. The average molecular weight is 437 g/mol. The zero-order valence-electron chi connectivity index (χ0n) is 18.9. The fraction of sp³-hybridized carbons (Fsp3) is 0.444. The molecule has 1 aliphatic carbocycles. The number of Topliss-reactive ketones (excluding diaryl/α,β-unsaturated/α-hetero) is 1. The Morgan fingerprint density at radius 2 is 1.97 bits per heavy atom. The monoisotopic (exact) mass is 436 g/mol. The standard InChI is InChI=1S/C27H32O5/c1-17(28)12-13-18-8-7-11-21-25-20(22(29)16-23(25)31-26(18)21)14-15-24(30)27(2,3)32-19-9-5-4-6-10-19/h4-11,14-15,20,22-25,29-30H,12-13,16H2,1-3H3/t20-,22+,23-,24+,25-/m0/s1. The molecule has 2 aromatic rings. The van der Waals surface area contributed by atoms with E-state index in [-0.39, 0.29) is 23.7 Å². The van der Waals surface area contributed by atoms with Crippen molar-refractivity contribution in [2.45, 2.75) is 69.9 Å². The molecule has 0 aromatic heterocycles. The number of fused-ring (bicyclic) bond motifs is 3. The van der Waals surface area contributed by atoms with Gasteiger partial charge in [-0.25, -0.2) is 0 Å². The molecular weight excluding hydrogens is 404 g/mol. The summed E-state index contributed by atoms with van der Waals surface area (Å²) in [7, 11) is 0. The van der Waals surface area contributed by atoms with Crippen LogP contribution in [0.2, 0.25) is 0 Å². The summed E-state index contributed by atoms with van der Waals surface area (Å²) in [6.07, 6.45) is 3.85. The van der Waals surface area contributed by atoms with Gasteiger partial charge >= 0.3 is 0 Å². The first-order valence-electron chi connectivity index (χ1n) is 11.3. The van der Waals surface area contributed by atoms with Crippen molar-refractivity contribution in [1.82, 2.24) is 0 Å². The quantitative estimate of drug-likeness (QED) is 0.607. The zero-order chi connectivity index (χ0) is 22.9. The van der Waals surface area contributed by atoms with Crippen molar-refractivity contribution in [1.29, 1.82) is 0 Å². The zero-order valence-corrected chi connectivity index (χ0v) is 18.9. The second kappa shape index (κ2) is 9.08. The number of rotatable bonds is 8. The van der Waals surface area contributed by atoms with E-state index in [0.29, 0.717) is 25.0 Å². The molecule has 4 rings (SSSR count). The largest absolute Gasteiger partial charge is 0.489 e. The second-order valence-electron chi connectivity index (χ2n) is 9.45. The van der Waals surface area contributed by atoms with Crippen LogP contribution in [0.4, 0.5) is 0 Å². The minimum Gasteiger partial charge on any atom is -0.489 e. The van der Waals surface area contributed by atoms with E-state index < -0.39 is 17.8 Å². The van der Waals surface area contributed by atoms with E-state index >= 15 is 0 Å². The number of carbonyl (C=O) groups excluding carboxylic acids is 1. The van der Waals surface area contributed by atoms with E-state index in [1.807, 2.05) is 62.4 Å². The third kappa shape index (κ3) is 4.59. The lowest BCUT2D eigenvalue weighted by Crippen LogP contribution is -2.41. The highest BCUT2D eigenvalue weighted by molar-refractivity contribution is 5.75. The van der Waals surface area contributed by atoms with Crippen molar-refractivity contribution < 1.29 is 24.5 Å². The lowest BCUT2D eigenvalue weighted by Gasteiger charge is -2.30. The van der Waals surface area contributed by atoms with Crippen molar-refractivity contribution in [2.75, 3.05) is 0 Å². The highest BCUT2D eigenvalue weighted by Gasteiger charge is 2.49. The van der Waals surface area contributed by atoms with Crippen LogP contribution in [0.15, 0.2) is 60.7 Å². The fourth-order valence-corrected chi connectivity index (χ4v) is 4.79. The fourth-order valence-electron chi connectivity index (χ4n) is 4.79. The first-order chi connectivity index (χ1) is 15.3. The van der Waals surface area contributed by atoms with Crippen molar-refractivity contribution in [3.63, 3.8) is 0 Å². The molecule has 0 unspecified atom stereocenters. The van der Waals surface area contributed by atoms with Crippen molar-refractivity contribution in [3.8, 4) is 11.5 Å². The molecule has 0 amide bonds. The molecule has 2 aromatic carbocycles. The third-order valence-electron chi connectivity index (χ3n) is 6.59. The number of carbonyl (C=O) groups is 1. The van der Waals surface area contributed by atoms with Gasteiger partial charge in [0.25, 0.3) is 0 Å². The van der Waals surface area contributed by atoms with Gasteiger partial charge in [-0.2, -0.15) is 0 Å². The first kappa shape index (κ1) is 22.6. The van der Waals surface area contributed by atoms with Gasteiger partial charge in [-0.15, -0.1) is 0 Å². The summed E-state index contributed by atoms with van der Waals surface area (Å²) in [6.45, 7) is 5.29. The summed E-state index contributed by atoms with van der Waals surface area (Å²) in [5.41, 5.74) is 1.29. The Kier molecular flexibility index (Phi) is 6.40. The molecule has 32 heavy (non-hydrogen) atoms. The normalized spacial score (nSPS) is 25.3. The summed E-state index contributed by atoms with van der Waals surface area (Å²) in [4.78, 5) is 11.4. The third-order valence-corrected chi connectivity index (χ3v) is 6.59. The van der Waals surface area contributed by atoms with Gasteiger partial charge in [-0.1, -0.05) is 48.6 Å². The Morgan fingerprint density at radius 1 is 1.22 bits per heavy atom. The highest BCUT2D eigenvalue weighted by atomic mass is 16.5. The molecule has 0 radical (unpaired) electrons. The molecule has 0 spiro atoms. The maximum Gasteiger partial charge on any atom is 0.133 e. The number of aryl methyl sites for hydroxylation is 1. The average Bonchev–Trinajstić information content (AvgIpc) is 3.25. The number of ketones is 1. The number of aliphatic hydroxyl groups excluding tert-OH is 2. The van der Waals surface area contributed by atoms with E-state index in [4.69, 9.17) is 9.47 Å². The van der Waals surface area contributed by atoms with Crippen LogP contribution in [-0.2, 0) is 11.2 Å². The predicted molar refractivity (Wildman–Crippen MR) is 123 cm³/mol. The van der Waals surface area contributed by atoms with Crippen LogP contribution in [-0.4, -0.2) is 39.9 Å². The minimum atomic E-state index is -0.849. The number of hydrogen-bond acceptors (Lipinski definition) is 5. The lowest BCUT2D eigenvalue weighted by molar-refractivity contribution is -0.116. The maximum atomic E-state index is 11.4. The molecule has 2 N–H and O–H groups in total. The van der Waals surface area contributed by atoms with Crippen LogP contribution >= 0.6 is 0 Å². The second-order valence-corrected chi connectivity index (χ2v) is 9.45. The van der Waals surface area contributed by atoms with E-state index in [1.165, 1.54) is 0 Å². The molecule has 0 bridgehead atoms. The number of aliphatic hydroxyl groups is 2.